The van der Waals surface area contributed by atoms with Gasteiger partial charge in [-0.3, -0.25) is 4.90 Å². The highest BCUT2D eigenvalue weighted by Gasteiger charge is 2.31. The summed E-state index contributed by atoms with van der Waals surface area (Å²) in [6, 6.07) is 9.82. The molecule has 0 amide bonds. The number of aromatic nitrogens is 1. The van der Waals surface area contributed by atoms with Crippen molar-refractivity contribution in [3.8, 4) is 0 Å². The minimum Gasteiger partial charge on any atom is -0.369 e. The second-order valence-electron chi connectivity index (χ2n) is 8.33. The molecule has 1 saturated heterocycles. The van der Waals surface area contributed by atoms with E-state index in [1.807, 2.05) is 4.90 Å². The van der Waals surface area contributed by atoms with Crippen LogP contribution in [0.3, 0.4) is 0 Å². The summed E-state index contributed by atoms with van der Waals surface area (Å²) in [5.74, 6) is 0.242. The van der Waals surface area contributed by atoms with Crippen molar-refractivity contribution in [3.63, 3.8) is 0 Å². The van der Waals surface area contributed by atoms with Crippen LogP contribution in [-0.4, -0.2) is 48.0 Å². The molecule has 3 rings (SSSR count). The largest absolute Gasteiger partial charge is 0.416 e. The van der Waals surface area contributed by atoms with E-state index in [4.69, 9.17) is 0 Å². The van der Waals surface area contributed by atoms with E-state index in [2.05, 4.69) is 27.8 Å². The molecule has 0 bridgehead atoms. The zero-order valence-electron chi connectivity index (χ0n) is 18.2. The zero-order valence-corrected chi connectivity index (χ0v) is 18.2. The number of ketones is 1. The Kier molecular flexibility index (Phi) is 8.18. The molecule has 1 aliphatic rings. The first-order chi connectivity index (χ1) is 14.8. The minimum atomic E-state index is -4.30. The molecule has 1 aromatic heterocycles. The summed E-state index contributed by atoms with van der Waals surface area (Å²) in [6.07, 6.45) is 2.45. The lowest BCUT2D eigenvalue weighted by atomic mass is 10.1. The van der Waals surface area contributed by atoms with E-state index in [1.165, 1.54) is 17.8 Å². The number of halogens is 3. The summed E-state index contributed by atoms with van der Waals surface area (Å²) < 4.78 is 41.1. The van der Waals surface area contributed by atoms with Gasteiger partial charge in [0.05, 0.1) is 5.56 Å². The Morgan fingerprint density at radius 2 is 1.71 bits per heavy atom. The summed E-state index contributed by atoms with van der Waals surface area (Å²) in [6.45, 7) is 6.87. The first kappa shape index (κ1) is 23.4. The third-order valence-electron chi connectivity index (χ3n) is 5.92. The fourth-order valence-corrected chi connectivity index (χ4v) is 4.14. The minimum absolute atomic E-state index is 0.242. The number of Topliss-reactive ketones (excluding diaryl/α,β-unsaturated/α-hetero) is 1. The fraction of sp³-hybridized carbons (Fsp3) is 0.542. The Morgan fingerprint density at radius 3 is 2.42 bits per heavy atom. The van der Waals surface area contributed by atoms with E-state index in [0.717, 1.165) is 71.0 Å². The average Bonchev–Trinajstić information content (AvgIpc) is 3.18. The Balaban J connectivity index is 1.37. The van der Waals surface area contributed by atoms with E-state index in [0.29, 0.717) is 12.1 Å². The van der Waals surface area contributed by atoms with Crippen LogP contribution in [0.25, 0.3) is 0 Å². The number of aryl methyl sites for hydroxylation is 2. The van der Waals surface area contributed by atoms with Gasteiger partial charge in [-0.25, -0.2) is 0 Å². The van der Waals surface area contributed by atoms with Crippen LogP contribution in [0, 0.1) is 0 Å². The number of unbranched alkanes of at least 4 members (excludes halogenated alkanes) is 1. The van der Waals surface area contributed by atoms with E-state index in [-0.39, 0.29) is 5.78 Å². The highest BCUT2D eigenvalue weighted by molar-refractivity contribution is 5.75. The molecule has 2 aromatic rings. The van der Waals surface area contributed by atoms with Gasteiger partial charge in [-0.1, -0.05) is 6.07 Å². The standard InChI is InChI=1S/C24H32F3N3O/c1-20(31)7-4-9-22-11-6-14-29(22)13-3-2-12-28-15-17-30(18-16-28)23-10-5-8-21(19-23)24(25,26)27/h5-6,8,10-11,14,19H,2-4,7,9,12-13,15-18H2,1H3. The van der Waals surface area contributed by atoms with Crippen molar-refractivity contribution in [2.24, 2.45) is 0 Å². The molecule has 0 N–H and O–H groups in total. The lowest BCUT2D eigenvalue weighted by Crippen LogP contribution is -2.46. The molecule has 0 spiro atoms. The number of nitrogens with zero attached hydrogens (tertiary/aromatic N) is 3. The van der Waals surface area contributed by atoms with Crippen molar-refractivity contribution in [2.75, 3.05) is 37.6 Å². The first-order valence-corrected chi connectivity index (χ1v) is 11.1. The second-order valence-corrected chi connectivity index (χ2v) is 8.33. The van der Waals surface area contributed by atoms with Gasteiger partial charge < -0.3 is 14.3 Å². The molecule has 170 valence electrons. The van der Waals surface area contributed by atoms with Gasteiger partial charge in [0.2, 0.25) is 0 Å². The number of alkyl halides is 3. The molecule has 1 aliphatic heterocycles. The molecule has 0 aliphatic carbocycles. The maximum Gasteiger partial charge on any atom is 0.416 e. The highest BCUT2D eigenvalue weighted by Crippen LogP contribution is 2.31. The Morgan fingerprint density at radius 1 is 0.968 bits per heavy atom. The lowest BCUT2D eigenvalue weighted by Gasteiger charge is -2.36. The van der Waals surface area contributed by atoms with Crippen LogP contribution in [0.15, 0.2) is 42.6 Å². The Bertz CT molecular complexity index is 839. The van der Waals surface area contributed by atoms with Crippen LogP contribution in [-0.2, 0) is 23.9 Å². The van der Waals surface area contributed by atoms with E-state index in [9.17, 15) is 18.0 Å². The topological polar surface area (TPSA) is 28.5 Å². The van der Waals surface area contributed by atoms with Crippen molar-refractivity contribution in [3.05, 3.63) is 53.9 Å². The summed E-state index contributed by atoms with van der Waals surface area (Å²) in [5, 5.41) is 0. The number of carbonyl (C=O) groups excluding carboxylic acids is 1. The van der Waals surface area contributed by atoms with Crippen molar-refractivity contribution < 1.29 is 18.0 Å². The SMILES string of the molecule is CC(=O)CCCc1cccn1CCCCN1CCN(c2cccc(C(F)(F)F)c2)CC1. The second kappa shape index (κ2) is 10.8. The fourth-order valence-electron chi connectivity index (χ4n) is 4.14. The Labute approximate surface area is 182 Å². The van der Waals surface area contributed by atoms with Gasteiger partial charge in [-0.15, -0.1) is 0 Å². The van der Waals surface area contributed by atoms with Crippen molar-refractivity contribution in [1.29, 1.82) is 0 Å². The Hall–Kier alpha value is -2.28. The number of anilines is 1. The smallest absolute Gasteiger partial charge is 0.369 e. The molecule has 4 nitrogen and oxygen atoms in total. The molecule has 7 heteroatoms. The van der Waals surface area contributed by atoms with Crippen LogP contribution in [0.1, 0.15) is 43.9 Å². The maximum absolute atomic E-state index is 12.9. The van der Waals surface area contributed by atoms with Crippen LogP contribution in [0.5, 0.6) is 0 Å². The summed E-state index contributed by atoms with van der Waals surface area (Å²) in [5.41, 5.74) is 1.36. The number of hydrogen-bond donors (Lipinski definition) is 0. The zero-order chi connectivity index (χ0) is 22.3. The predicted molar refractivity (Wildman–Crippen MR) is 117 cm³/mol. The molecule has 2 heterocycles. The first-order valence-electron chi connectivity index (χ1n) is 11.1. The van der Waals surface area contributed by atoms with Crippen LogP contribution in [0.4, 0.5) is 18.9 Å². The van der Waals surface area contributed by atoms with Crippen LogP contribution >= 0.6 is 0 Å². The highest BCUT2D eigenvalue weighted by atomic mass is 19.4. The van der Waals surface area contributed by atoms with Gasteiger partial charge >= 0.3 is 6.18 Å². The number of rotatable bonds is 10. The predicted octanol–water partition coefficient (Wildman–Crippen LogP) is 5.02. The van der Waals surface area contributed by atoms with Crippen molar-refractivity contribution >= 4 is 11.5 Å². The number of benzene rings is 1. The quantitative estimate of drug-likeness (QED) is 0.491. The van der Waals surface area contributed by atoms with Gasteiger partial charge in [0, 0.05) is 56.7 Å². The van der Waals surface area contributed by atoms with Gasteiger partial charge in [0.15, 0.2) is 0 Å². The third-order valence-corrected chi connectivity index (χ3v) is 5.92. The summed E-state index contributed by atoms with van der Waals surface area (Å²) in [7, 11) is 0. The number of carbonyl (C=O) groups is 1. The third kappa shape index (κ3) is 7.13. The number of piperazine rings is 1. The van der Waals surface area contributed by atoms with Gasteiger partial charge in [0.1, 0.15) is 5.78 Å². The molecule has 1 aromatic carbocycles. The van der Waals surface area contributed by atoms with Crippen molar-refractivity contribution in [2.45, 2.75) is 51.7 Å². The van der Waals surface area contributed by atoms with Crippen LogP contribution in [0.2, 0.25) is 0 Å². The molecular formula is C24H32F3N3O. The summed E-state index contributed by atoms with van der Waals surface area (Å²) >= 11 is 0. The molecular weight excluding hydrogens is 403 g/mol. The van der Waals surface area contributed by atoms with E-state index < -0.39 is 11.7 Å². The molecule has 1 fully saturated rings. The van der Waals surface area contributed by atoms with Gasteiger partial charge in [-0.05, 0) is 69.5 Å². The monoisotopic (exact) mass is 435 g/mol. The van der Waals surface area contributed by atoms with E-state index >= 15 is 0 Å². The molecule has 31 heavy (non-hydrogen) atoms. The van der Waals surface area contributed by atoms with Crippen LogP contribution < -0.4 is 4.90 Å². The summed E-state index contributed by atoms with van der Waals surface area (Å²) in [4.78, 5) is 15.6. The van der Waals surface area contributed by atoms with E-state index in [1.54, 1.807) is 13.0 Å². The lowest BCUT2D eigenvalue weighted by molar-refractivity contribution is -0.137. The van der Waals surface area contributed by atoms with Gasteiger partial charge in [-0.2, -0.15) is 13.2 Å². The number of hydrogen-bond acceptors (Lipinski definition) is 3. The van der Waals surface area contributed by atoms with Gasteiger partial charge in [0.25, 0.3) is 0 Å². The molecule has 0 saturated carbocycles. The molecule has 0 radical (unpaired) electrons. The normalized spacial score (nSPS) is 15.4. The maximum atomic E-state index is 12.9. The molecule has 0 atom stereocenters. The van der Waals surface area contributed by atoms with Crippen molar-refractivity contribution in [1.82, 2.24) is 9.47 Å². The molecule has 0 unspecified atom stereocenters. The average molecular weight is 436 g/mol.